The Balaban J connectivity index is 1.66. The van der Waals surface area contributed by atoms with Crippen LogP contribution >= 0.6 is 39.1 Å². The highest BCUT2D eigenvalue weighted by Gasteiger charge is 2.37. The third-order valence-electron chi connectivity index (χ3n) is 4.86. The van der Waals surface area contributed by atoms with Crippen molar-refractivity contribution < 1.29 is 24.2 Å². The van der Waals surface area contributed by atoms with Gasteiger partial charge >= 0.3 is 6.03 Å². The average molecular weight is 562 g/mol. The number of halogens is 3. The van der Waals surface area contributed by atoms with Gasteiger partial charge in [0.15, 0.2) is 0 Å². The highest BCUT2D eigenvalue weighted by atomic mass is 79.9. The number of anilines is 1. The topological polar surface area (TPSA) is 95.9 Å². The molecule has 1 heterocycles. The standard InChI is InChI=1S/C24H15BrCl2N2O5/c25-15-2-8-21(34-12-13-1-7-19(26)20(27)9-13)14(10-15)11-18-22(31)28-24(33)29(23(18)32)16-3-5-17(30)6-4-16/h1-11,30H,12H2,(H,28,31,33)/b18-11+. The van der Waals surface area contributed by atoms with Crippen LogP contribution in [0.5, 0.6) is 11.5 Å². The summed E-state index contributed by atoms with van der Waals surface area (Å²) >= 11 is 15.4. The maximum atomic E-state index is 13.1. The average Bonchev–Trinajstić information content (AvgIpc) is 2.79. The lowest BCUT2D eigenvalue weighted by Crippen LogP contribution is -2.54. The monoisotopic (exact) mass is 560 g/mol. The highest BCUT2D eigenvalue weighted by Crippen LogP contribution is 2.30. The summed E-state index contributed by atoms with van der Waals surface area (Å²) in [4.78, 5) is 38.8. The van der Waals surface area contributed by atoms with Crippen molar-refractivity contribution in [2.75, 3.05) is 4.90 Å². The summed E-state index contributed by atoms with van der Waals surface area (Å²) in [6, 6.07) is 14.8. The maximum absolute atomic E-state index is 13.1. The number of carbonyl (C=O) groups excluding carboxylic acids is 3. The molecular weight excluding hydrogens is 547 g/mol. The van der Waals surface area contributed by atoms with Crippen LogP contribution in [0, 0.1) is 0 Å². The Kier molecular flexibility index (Phi) is 6.92. The molecule has 1 aliphatic rings. The number of phenolic OH excluding ortho intramolecular Hbond substituents is 1. The van der Waals surface area contributed by atoms with Gasteiger partial charge in [0.25, 0.3) is 11.8 Å². The first kappa shape index (κ1) is 23.8. The van der Waals surface area contributed by atoms with E-state index >= 15 is 0 Å². The second-order valence-corrected chi connectivity index (χ2v) is 8.92. The molecule has 0 radical (unpaired) electrons. The van der Waals surface area contributed by atoms with Crippen LogP contribution in [0.3, 0.4) is 0 Å². The Morgan fingerprint density at radius 3 is 2.41 bits per heavy atom. The molecule has 1 fully saturated rings. The normalized spacial score (nSPS) is 15.0. The number of carbonyl (C=O) groups is 3. The van der Waals surface area contributed by atoms with Gasteiger partial charge < -0.3 is 9.84 Å². The van der Waals surface area contributed by atoms with Gasteiger partial charge in [0.2, 0.25) is 0 Å². The zero-order valence-electron chi connectivity index (χ0n) is 17.2. The third kappa shape index (κ3) is 5.09. The van der Waals surface area contributed by atoms with Gasteiger partial charge in [-0.2, -0.15) is 0 Å². The summed E-state index contributed by atoms with van der Waals surface area (Å²) in [5.41, 5.74) is 1.15. The van der Waals surface area contributed by atoms with Crippen LogP contribution in [0.15, 0.2) is 70.7 Å². The van der Waals surface area contributed by atoms with Gasteiger partial charge in [0.05, 0.1) is 15.7 Å². The van der Waals surface area contributed by atoms with Crippen molar-refractivity contribution in [2.45, 2.75) is 6.61 Å². The lowest BCUT2D eigenvalue weighted by atomic mass is 10.1. The van der Waals surface area contributed by atoms with E-state index < -0.39 is 17.8 Å². The number of amides is 4. The SMILES string of the molecule is O=C1NC(=O)N(c2ccc(O)cc2)C(=O)/C1=C/c1cc(Br)ccc1OCc1ccc(Cl)c(Cl)c1. The molecule has 0 unspecified atom stereocenters. The van der Waals surface area contributed by atoms with Crippen LogP contribution in [0.2, 0.25) is 10.0 Å². The maximum Gasteiger partial charge on any atom is 0.335 e. The fourth-order valence-corrected chi connectivity index (χ4v) is 3.90. The van der Waals surface area contributed by atoms with E-state index in [2.05, 4.69) is 21.2 Å². The number of benzene rings is 3. The van der Waals surface area contributed by atoms with Gasteiger partial charge in [-0.25, -0.2) is 9.69 Å². The van der Waals surface area contributed by atoms with E-state index in [1.165, 1.54) is 30.3 Å². The van der Waals surface area contributed by atoms with Gasteiger partial charge in [0.1, 0.15) is 23.7 Å². The summed E-state index contributed by atoms with van der Waals surface area (Å²) in [6.45, 7) is 0.160. The van der Waals surface area contributed by atoms with E-state index in [1.54, 1.807) is 36.4 Å². The first-order valence-electron chi connectivity index (χ1n) is 9.79. The van der Waals surface area contributed by atoms with Crippen LogP contribution in [0.25, 0.3) is 6.08 Å². The number of barbiturate groups is 1. The minimum atomic E-state index is -0.886. The number of phenols is 1. The van der Waals surface area contributed by atoms with Crippen LogP contribution in [0.1, 0.15) is 11.1 Å². The van der Waals surface area contributed by atoms with Crippen molar-refractivity contribution >= 4 is 68.7 Å². The smallest absolute Gasteiger partial charge is 0.335 e. The molecule has 1 aliphatic heterocycles. The number of nitrogens with one attached hydrogen (secondary N) is 1. The fraction of sp³-hybridized carbons (Fsp3) is 0.0417. The molecule has 10 heteroatoms. The van der Waals surface area contributed by atoms with E-state index in [0.717, 1.165) is 10.5 Å². The zero-order chi connectivity index (χ0) is 24.4. The summed E-state index contributed by atoms with van der Waals surface area (Å²) in [7, 11) is 0. The lowest BCUT2D eigenvalue weighted by molar-refractivity contribution is -0.122. The van der Waals surface area contributed by atoms with E-state index in [9.17, 15) is 19.5 Å². The quantitative estimate of drug-likeness (QED) is 0.307. The first-order chi connectivity index (χ1) is 16.2. The molecule has 34 heavy (non-hydrogen) atoms. The van der Waals surface area contributed by atoms with E-state index in [1.807, 2.05) is 0 Å². The summed E-state index contributed by atoms with van der Waals surface area (Å²) < 4.78 is 6.60. The highest BCUT2D eigenvalue weighted by molar-refractivity contribution is 9.10. The molecule has 0 bridgehead atoms. The van der Waals surface area contributed by atoms with Gasteiger partial charge in [-0.05, 0) is 66.2 Å². The zero-order valence-corrected chi connectivity index (χ0v) is 20.3. The van der Waals surface area contributed by atoms with Crippen molar-refractivity contribution in [3.8, 4) is 11.5 Å². The Hall–Kier alpha value is -3.33. The minimum absolute atomic E-state index is 0.0293. The van der Waals surface area contributed by atoms with E-state index in [4.69, 9.17) is 27.9 Å². The lowest BCUT2D eigenvalue weighted by Gasteiger charge is -2.26. The molecule has 0 atom stereocenters. The number of imide groups is 2. The van der Waals surface area contributed by atoms with Crippen molar-refractivity contribution in [2.24, 2.45) is 0 Å². The largest absolute Gasteiger partial charge is 0.508 e. The molecule has 4 amide bonds. The van der Waals surface area contributed by atoms with Gasteiger partial charge in [0, 0.05) is 10.0 Å². The molecule has 2 N–H and O–H groups in total. The van der Waals surface area contributed by atoms with Crippen molar-refractivity contribution in [1.29, 1.82) is 0 Å². The van der Waals surface area contributed by atoms with Crippen molar-refractivity contribution in [3.05, 3.63) is 91.9 Å². The Morgan fingerprint density at radius 2 is 1.71 bits per heavy atom. The number of ether oxygens (including phenoxy) is 1. The predicted octanol–water partition coefficient (Wildman–Crippen LogP) is 5.71. The molecule has 4 rings (SSSR count). The molecule has 1 saturated heterocycles. The van der Waals surface area contributed by atoms with Crippen LogP contribution < -0.4 is 15.0 Å². The number of hydrogen-bond donors (Lipinski definition) is 2. The first-order valence-corrected chi connectivity index (χ1v) is 11.3. The fourth-order valence-electron chi connectivity index (χ4n) is 3.20. The number of urea groups is 1. The molecule has 7 nitrogen and oxygen atoms in total. The Bertz CT molecular complexity index is 1340. The number of aromatic hydroxyl groups is 1. The number of rotatable bonds is 5. The summed E-state index contributed by atoms with van der Waals surface area (Å²) in [5.74, 6) is -1.27. The number of hydrogen-bond acceptors (Lipinski definition) is 5. The molecule has 0 saturated carbocycles. The molecule has 172 valence electrons. The van der Waals surface area contributed by atoms with Gasteiger partial charge in [-0.3, -0.25) is 14.9 Å². The van der Waals surface area contributed by atoms with Gasteiger partial charge in [-0.15, -0.1) is 0 Å². The second-order valence-electron chi connectivity index (χ2n) is 7.19. The van der Waals surface area contributed by atoms with E-state index in [0.29, 0.717) is 25.8 Å². The third-order valence-corrected chi connectivity index (χ3v) is 6.09. The van der Waals surface area contributed by atoms with Crippen LogP contribution in [0.4, 0.5) is 10.5 Å². The molecule has 3 aromatic carbocycles. The molecule has 3 aromatic rings. The Morgan fingerprint density at radius 1 is 0.971 bits per heavy atom. The van der Waals surface area contributed by atoms with Crippen molar-refractivity contribution in [1.82, 2.24) is 5.32 Å². The summed E-state index contributed by atoms with van der Waals surface area (Å²) in [6.07, 6.45) is 1.35. The molecule has 0 spiro atoms. The van der Waals surface area contributed by atoms with Crippen molar-refractivity contribution in [3.63, 3.8) is 0 Å². The van der Waals surface area contributed by atoms with Gasteiger partial charge in [-0.1, -0.05) is 45.2 Å². The second kappa shape index (κ2) is 9.89. The minimum Gasteiger partial charge on any atom is -0.508 e. The molecule has 0 aliphatic carbocycles. The predicted molar refractivity (Wildman–Crippen MR) is 132 cm³/mol. The summed E-state index contributed by atoms with van der Waals surface area (Å²) in [5, 5.41) is 12.5. The number of nitrogens with zero attached hydrogens (tertiary/aromatic N) is 1. The van der Waals surface area contributed by atoms with Crippen LogP contribution in [-0.2, 0) is 16.2 Å². The molecule has 0 aromatic heterocycles. The Labute approximate surface area is 212 Å². The molecular formula is C24H15BrCl2N2O5. The van der Waals surface area contributed by atoms with E-state index in [-0.39, 0.29) is 23.6 Å². The van der Waals surface area contributed by atoms with Crippen LogP contribution in [-0.4, -0.2) is 23.0 Å².